The summed E-state index contributed by atoms with van der Waals surface area (Å²) in [7, 11) is 1.44. The Morgan fingerprint density at radius 3 is 2.63 bits per heavy atom. The van der Waals surface area contributed by atoms with E-state index in [1.54, 1.807) is 19.2 Å². The molecule has 0 amide bonds. The van der Waals surface area contributed by atoms with Gasteiger partial charge in [0.15, 0.2) is 0 Å². The molecular weight excluding hydrogens is 288 g/mol. The number of ether oxygens (including phenoxy) is 1. The van der Waals surface area contributed by atoms with Gasteiger partial charge in [0.2, 0.25) is 10.0 Å². The van der Waals surface area contributed by atoms with Gasteiger partial charge >= 0.3 is 0 Å². The number of nitrogens with one attached hydrogen (secondary N) is 1. The summed E-state index contributed by atoms with van der Waals surface area (Å²) in [6, 6.07) is 5.40. The second kappa shape index (κ2) is 7.09. The predicted molar refractivity (Wildman–Crippen MR) is 77.2 cm³/mol. The number of hydrogen-bond donors (Lipinski definition) is 1. The molecule has 5 nitrogen and oxygen atoms in total. The minimum atomic E-state index is -3.17. The lowest BCUT2D eigenvalue weighted by molar-refractivity contribution is 0.408. The molecule has 0 radical (unpaired) electrons. The van der Waals surface area contributed by atoms with Crippen molar-refractivity contribution in [3.05, 3.63) is 28.8 Å². The molecule has 1 aromatic rings. The van der Waals surface area contributed by atoms with Gasteiger partial charge in [-0.05, 0) is 12.1 Å². The number of benzene rings is 1. The van der Waals surface area contributed by atoms with Crippen LogP contribution in [-0.2, 0) is 16.6 Å². The van der Waals surface area contributed by atoms with Crippen molar-refractivity contribution in [2.24, 2.45) is 0 Å². The predicted octanol–water partition coefficient (Wildman–Crippen LogP) is 1.33. The Hall–Kier alpha value is -0.820. The maximum absolute atomic E-state index is 11.6. The van der Waals surface area contributed by atoms with Crippen molar-refractivity contribution in [2.75, 3.05) is 33.5 Å². The Bertz CT molecular complexity index is 518. The van der Waals surface area contributed by atoms with Crippen LogP contribution in [0.25, 0.3) is 0 Å². The second-order valence-corrected chi connectivity index (χ2v) is 6.91. The summed E-state index contributed by atoms with van der Waals surface area (Å²) in [5.74, 6) is 0.739. The maximum Gasteiger partial charge on any atom is 0.214 e. The molecular formula is C12H19ClN2O3S. The van der Waals surface area contributed by atoms with Crippen LogP contribution in [0, 0.1) is 0 Å². The highest BCUT2D eigenvalue weighted by Gasteiger charge is 2.13. The zero-order valence-corrected chi connectivity index (χ0v) is 12.9. The van der Waals surface area contributed by atoms with E-state index in [1.807, 2.05) is 6.07 Å². The third kappa shape index (κ3) is 4.65. The molecule has 0 fully saturated rings. The number of halogens is 1. The van der Waals surface area contributed by atoms with Gasteiger partial charge in [0.25, 0.3) is 0 Å². The standard InChI is InChI=1S/C12H19ClN2O3S/c1-15(2)19(16,17)8-7-14-9-10-11(13)5-4-6-12(10)18-3/h4-6,14H,7-9H2,1-3H3. The Balaban J connectivity index is 2.55. The van der Waals surface area contributed by atoms with Crippen LogP contribution in [-0.4, -0.2) is 46.2 Å². The van der Waals surface area contributed by atoms with Crippen molar-refractivity contribution < 1.29 is 13.2 Å². The van der Waals surface area contributed by atoms with Crippen LogP contribution in [0.1, 0.15) is 5.56 Å². The van der Waals surface area contributed by atoms with Crippen LogP contribution < -0.4 is 10.1 Å². The lowest BCUT2D eigenvalue weighted by atomic mass is 10.2. The highest BCUT2D eigenvalue weighted by Crippen LogP contribution is 2.25. The van der Waals surface area contributed by atoms with E-state index in [-0.39, 0.29) is 5.75 Å². The maximum atomic E-state index is 11.6. The third-order valence-electron chi connectivity index (χ3n) is 2.69. The summed E-state index contributed by atoms with van der Waals surface area (Å²) in [5, 5.41) is 3.66. The molecule has 0 saturated heterocycles. The van der Waals surface area contributed by atoms with E-state index in [9.17, 15) is 8.42 Å². The van der Waals surface area contributed by atoms with Gasteiger partial charge in [0.1, 0.15) is 5.75 Å². The molecule has 19 heavy (non-hydrogen) atoms. The molecule has 1 N–H and O–H groups in total. The molecule has 7 heteroatoms. The van der Waals surface area contributed by atoms with Crippen molar-refractivity contribution in [2.45, 2.75) is 6.54 Å². The first-order valence-electron chi connectivity index (χ1n) is 5.81. The number of sulfonamides is 1. The molecule has 0 atom stereocenters. The minimum Gasteiger partial charge on any atom is -0.496 e. The van der Waals surface area contributed by atoms with Gasteiger partial charge in [-0.25, -0.2) is 12.7 Å². The van der Waals surface area contributed by atoms with Gasteiger partial charge in [-0.15, -0.1) is 0 Å². The Morgan fingerprint density at radius 1 is 1.37 bits per heavy atom. The summed E-state index contributed by atoms with van der Waals surface area (Å²) < 4.78 is 29.6. The third-order valence-corrected chi connectivity index (χ3v) is 4.88. The second-order valence-electron chi connectivity index (χ2n) is 4.20. The number of hydrogen-bond acceptors (Lipinski definition) is 4. The number of methoxy groups -OCH3 is 1. The first-order chi connectivity index (χ1) is 8.88. The summed E-state index contributed by atoms with van der Waals surface area (Å²) in [4.78, 5) is 0. The van der Waals surface area contributed by atoms with E-state index in [1.165, 1.54) is 18.4 Å². The van der Waals surface area contributed by atoms with Crippen LogP contribution in [0.15, 0.2) is 18.2 Å². The van der Waals surface area contributed by atoms with Crippen molar-refractivity contribution in [1.29, 1.82) is 0 Å². The fourth-order valence-electron chi connectivity index (χ4n) is 1.50. The van der Waals surface area contributed by atoms with Gasteiger partial charge < -0.3 is 10.1 Å². The van der Waals surface area contributed by atoms with E-state index >= 15 is 0 Å². The highest BCUT2D eigenvalue weighted by atomic mass is 35.5. The summed E-state index contributed by atoms with van der Waals surface area (Å²) in [6.45, 7) is 0.820. The number of rotatable bonds is 7. The van der Waals surface area contributed by atoms with Crippen molar-refractivity contribution >= 4 is 21.6 Å². The molecule has 0 aliphatic carbocycles. The minimum absolute atomic E-state index is 0.0484. The normalized spacial score (nSPS) is 11.8. The van der Waals surface area contributed by atoms with E-state index < -0.39 is 10.0 Å². The zero-order valence-electron chi connectivity index (χ0n) is 11.3. The van der Waals surface area contributed by atoms with Crippen LogP contribution in [0.2, 0.25) is 5.02 Å². The quantitative estimate of drug-likeness (QED) is 0.772. The average molecular weight is 307 g/mol. The first-order valence-corrected chi connectivity index (χ1v) is 7.79. The molecule has 0 aromatic heterocycles. The van der Waals surface area contributed by atoms with Crippen molar-refractivity contribution in [1.82, 2.24) is 9.62 Å². The molecule has 0 aliphatic rings. The van der Waals surface area contributed by atoms with Crippen molar-refractivity contribution in [3.63, 3.8) is 0 Å². The monoisotopic (exact) mass is 306 g/mol. The molecule has 0 unspecified atom stereocenters. The molecule has 1 rings (SSSR count). The Morgan fingerprint density at radius 2 is 2.05 bits per heavy atom. The van der Waals surface area contributed by atoms with Gasteiger partial charge in [0.05, 0.1) is 12.9 Å². The van der Waals surface area contributed by atoms with Gasteiger partial charge in [-0.1, -0.05) is 17.7 Å². The molecule has 108 valence electrons. The smallest absolute Gasteiger partial charge is 0.214 e. The summed E-state index contributed by atoms with van der Waals surface area (Å²) in [5.41, 5.74) is 0.828. The average Bonchev–Trinajstić information content (AvgIpc) is 2.35. The van der Waals surface area contributed by atoms with E-state index in [2.05, 4.69) is 5.32 Å². The van der Waals surface area contributed by atoms with Gasteiger partial charge in [-0.3, -0.25) is 0 Å². The number of nitrogens with zero attached hydrogens (tertiary/aromatic N) is 1. The SMILES string of the molecule is COc1cccc(Cl)c1CNCCS(=O)(=O)N(C)C. The summed E-state index contributed by atoms with van der Waals surface area (Å²) in [6.07, 6.45) is 0. The van der Waals surface area contributed by atoms with Crippen LogP contribution >= 0.6 is 11.6 Å². The Kier molecular flexibility index (Phi) is 6.06. The molecule has 0 spiro atoms. The molecule has 1 aromatic carbocycles. The zero-order chi connectivity index (χ0) is 14.5. The largest absolute Gasteiger partial charge is 0.496 e. The molecule has 0 saturated carbocycles. The van der Waals surface area contributed by atoms with Crippen LogP contribution in [0.5, 0.6) is 5.75 Å². The molecule has 0 aliphatic heterocycles. The fraction of sp³-hybridized carbons (Fsp3) is 0.500. The Labute approximate surface area is 119 Å². The van der Waals surface area contributed by atoms with Gasteiger partial charge in [0, 0.05) is 37.8 Å². The summed E-state index contributed by atoms with van der Waals surface area (Å²) >= 11 is 6.08. The van der Waals surface area contributed by atoms with E-state index in [0.29, 0.717) is 23.9 Å². The lowest BCUT2D eigenvalue weighted by Gasteiger charge is -2.13. The molecule has 0 bridgehead atoms. The van der Waals surface area contributed by atoms with Gasteiger partial charge in [-0.2, -0.15) is 0 Å². The fourth-order valence-corrected chi connectivity index (χ4v) is 2.50. The van der Waals surface area contributed by atoms with E-state index in [0.717, 1.165) is 5.56 Å². The van der Waals surface area contributed by atoms with Crippen LogP contribution in [0.4, 0.5) is 0 Å². The van der Waals surface area contributed by atoms with Crippen molar-refractivity contribution in [3.8, 4) is 5.75 Å². The lowest BCUT2D eigenvalue weighted by Crippen LogP contribution is -2.31. The highest BCUT2D eigenvalue weighted by molar-refractivity contribution is 7.89. The molecule has 0 heterocycles. The first kappa shape index (κ1) is 16.2. The van der Waals surface area contributed by atoms with E-state index in [4.69, 9.17) is 16.3 Å². The topological polar surface area (TPSA) is 58.6 Å². The van der Waals surface area contributed by atoms with Crippen LogP contribution in [0.3, 0.4) is 0 Å².